The molecule has 4 nitrogen and oxygen atoms in total. The molecule has 1 heterocycles. The molecular formula is C23H21FN2O2. The lowest BCUT2D eigenvalue weighted by Crippen LogP contribution is -2.37. The molecule has 0 aliphatic carbocycles. The molecule has 0 atom stereocenters. The van der Waals surface area contributed by atoms with Crippen LogP contribution in [0.15, 0.2) is 66.7 Å². The van der Waals surface area contributed by atoms with Crippen molar-refractivity contribution in [2.45, 2.75) is 6.42 Å². The van der Waals surface area contributed by atoms with Gasteiger partial charge in [-0.15, -0.1) is 0 Å². The summed E-state index contributed by atoms with van der Waals surface area (Å²) in [6.07, 6.45) is 0.663. The number of amides is 2. The number of carbonyl (C=O) groups is 2. The topological polar surface area (TPSA) is 40.6 Å². The van der Waals surface area contributed by atoms with Gasteiger partial charge in [0, 0.05) is 31.7 Å². The number of halogens is 1. The first kappa shape index (κ1) is 18.2. The fourth-order valence-electron chi connectivity index (χ4n) is 3.71. The van der Waals surface area contributed by atoms with E-state index in [1.165, 1.54) is 12.1 Å². The Hall–Kier alpha value is -3.21. The van der Waals surface area contributed by atoms with E-state index in [-0.39, 0.29) is 17.4 Å². The van der Waals surface area contributed by atoms with Gasteiger partial charge in [0.1, 0.15) is 5.82 Å². The fourth-order valence-corrected chi connectivity index (χ4v) is 3.71. The van der Waals surface area contributed by atoms with Crippen molar-refractivity contribution >= 4 is 22.6 Å². The summed E-state index contributed by atoms with van der Waals surface area (Å²) in [5.41, 5.74) is 0.753. The van der Waals surface area contributed by atoms with Gasteiger partial charge in [-0.05, 0) is 35.4 Å². The van der Waals surface area contributed by atoms with Gasteiger partial charge in [0.25, 0.3) is 11.8 Å². The van der Waals surface area contributed by atoms with Crippen LogP contribution < -0.4 is 0 Å². The van der Waals surface area contributed by atoms with Gasteiger partial charge in [0.2, 0.25) is 0 Å². The van der Waals surface area contributed by atoms with Gasteiger partial charge in [-0.1, -0.05) is 48.5 Å². The molecular weight excluding hydrogens is 355 g/mol. The minimum Gasteiger partial charge on any atom is -0.337 e. The number of hydrogen-bond donors (Lipinski definition) is 0. The first-order valence-electron chi connectivity index (χ1n) is 9.46. The van der Waals surface area contributed by atoms with E-state index in [9.17, 15) is 14.0 Å². The third kappa shape index (κ3) is 3.48. The van der Waals surface area contributed by atoms with Gasteiger partial charge in [0.15, 0.2) is 0 Å². The maximum atomic E-state index is 14.0. The lowest BCUT2D eigenvalue weighted by atomic mass is 10.0. The van der Waals surface area contributed by atoms with E-state index in [1.54, 1.807) is 21.9 Å². The fraction of sp³-hybridized carbons (Fsp3) is 0.217. The molecule has 0 unspecified atom stereocenters. The molecule has 1 aliphatic heterocycles. The van der Waals surface area contributed by atoms with Crippen LogP contribution in [0.5, 0.6) is 0 Å². The molecule has 0 radical (unpaired) electrons. The highest BCUT2D eigenvalue weighted by Gasteiger charge is 2.25. The average molecular weight is 376 g/mol. The summed E-state index contributed by atoms with van der Waals surface area (Å²) in [7, 11) is 0. The van der Waals surface area contributed by atoms with E-state index < -0.39 is 5.82 Å². The summed E-state index contributed by atoms with van der Waals surface area (Å²) in [4.78, 5) is 29.2. The largest absolute Gasteiger partial charge is 0.337 e. The second kappa shape index (κ2) is 7.80. The van der Waals surface area contributed by atoms with Crippen molar-refractivity contribution in [1.82, 2.24) is 9.80 Å². The van der Waals surface area contributed by atoms with Crippen molar-refractivity contribution in [2.75, 3.05) is 26.2 Å². The monoisotopic (exact) mass is 376 g/mol. The second-order valence-corrected chi connectivity index (χ2v) is 6.94. The summed E-state index contributed by atoms with van der Waals surface area (Å²) in [5, 5.41) is 1.96. The van der Waals surface area contributed by atoms with Crippen LogP contribution in [0.3, 0.4) is 0 Å². The quantitative estimate of drug-likeness (QED) is 0.679. The molecule has 0 saturated carbocycles. The Labute approximate surface area is 163 Å². The van der Waals surface area contributed by atoms with Gasteiger partial charge in [0.05, 0.1) is 5.56 Å². The highest BCUT2D eigenvalue weighted by atomic mass is 19.1. The Bertz CT molecular complexity index is 1030. The first-order chi connectivity index (χ1) is 13.6. The van der Waals surface area contributed by atoms with E-state index in [2.05, 4.69) is 0 Å². The molecule has 3 aromatic carbocycles. The van der Waals surface area contributed by atoms with E-state index in [1.807, 2.05) is 42.5 Å². The third-order valence-corrected chi connectivity index (χ3v) is 5.19. The number of hydrogen-bond acceptors (Lipinski definition) is 2. The van der Waals surface area contributed by atoms with E-state index in [4.69, 9.17) is 0 Å². The van der Waals surface area contributed by atoms with Gasteiger partial charge in [-0.3, -0.25) is 9.59 Å². The molecule has 0 bridgehead atoms. The minimum atomic E-state index is -0.513. The number of fused-ring (bicyclic) bond motifs is 1. The predicted octanol–water partition coefficient (Wildman–Crippen LogP) is 3.97. The van der Waals surface area contributed by atoms with Crippen LogP contribution in [0.1, 0.15) is 27.1 Å². The molecule has 1 saturated heterocycles. The zero-order valence-corrected chi connectivity index (χ0v) is 15.5. The zero-order valence-electron chi connectivity index (χ0n) is 15.5. The molecule has 5 heteroatoms. The van der Waals surface area contributed by atoms with Crippen molar-refractivity contribution in [3.63, 3.8) is 0 Å². The van der Waals surface area contributed by atoms with Gasteiger partial charge in [-0.2, -0.15) is 0 Å². The molecule has 1 aliphatic rings. The molecule has 28 heavy (non-hydrogen) atoms. The van der Waals surface area contributed by atoms with Gasteiger partial charge < -0.3 is 9.80 Å². The molecule has 142 valence electrons. The third-order valence-electron chi connectivity index (χ3n) is 5.19. The van der Waals surface area contributed by atoms with Crippen LogP contribution in [0.2, 0.25) is 0 Å². The maximum absolute atomic E-state index is 14.0. The highest BCUT2D eigenvalue weighted by Crippen LogP contribution is 2.21. The van der Waals surface area contributed by atoms with Crippen molar-refractivity contribution in [3.05, 3.63) is 83.7 Å². The van der Waals surface area contributed by atoms with E-state index in [0.29, 0.717) is 38.2 Å². The summed E-state index contributed by atoms with van der Waals surface area (Å²) < 4.78 is 14.0. The lowest BCUT2D eigenvalue weighted by Gasteiger charge is -2.23. The Morgan fingerprint density at radius 3 is 2.00 bits per heavy atom. The van der Waals surface area contributed by atoms with E-state index >= 15 is 0 Å². The lowest BCUT2D eigenvalue weighted by molar-refractivity contribution is 0.0717. The zero-order chi connectivity index (χ0) is 19.5. The minimum absolute atomic E-state index is 0.0306. The van der Waals surface area contributed by atoms with Crippen LogP contribution in [-0.4, -0.2) is 47.8 Å². The molecule has 2 amide bonds. The number of carbonyl (C=O) groups excluding carboxylic acids is 2. The first-order valence-corrected chi connectivity index (χ1v) is 9.46. The Balaban J connectivity index is 1.52. The number of nitrogens with zero attached hydrogens (tertiary/aromatic N) is 2. The summed E-state index contributed by atoms with van der Waals surface area (Å²) in [6.45, 7) is 1.90. The summed E-state index contributed by atoms with van der Waals surface area (Å²) in [5.74, 6) is -0.866. The molecule has 0 aromatic heterocycles. The highest BCUT2D eigenvalue weighted by molar-refractivity contribution is 6.07. The van der Waals surface area contributed by atoms with E-state index in [0.717, 1.165) is 10.8 Å². The van der Waals surface area contributed by atoms with Crippen molar-refractivity contribution in [1.29, 1.82) is 0 Å². The molecule has 0 N–H and O–H groups in total. The van der Waals surface area contributed by atoms with Gasteiger partial charge in [-0.25, -0.2) is 4.39 Å². The number of rotatable bonds is 2. The van der Waals surface area contributed by atoms with Crippen molar-refractivity contribution in [2.24, 2.45) is 0 Å². The molecule has 1 fully saturated rings. The van der Waals surface area contributed by atoms with Crippen molar-refractivity contribution < 1.29 is 14.0 Å². The normalized spacial score (nSPS) is 14.8. The van der Waals surface area contributed by atoms with Crippen LogP contribution in [0.25, 0.3) is 10.8 Å². The van der Waals surface area contributed by atoms with Crippen LogP contribution in [0, 0.1) is 5.82 Å². The number of benzene rings is 3. The Morgan fingerprint density at radius 1 is 0.679 bits per heavy atom. The second-order valence-electron chi connectivity index (χ2n) is 6.94. The van der Waals surface area contributed by atoms with Crippen LogP contribution in [-0.2, 0) is 0 Å². The molecule has 0 spiro atoms. The Morgan fingerprint density at radius 2 is 1.25 bits per heavy atom. The van der Waals surface area contributed by atoms with Gasteiger partial charge >= 0.3 is 0 Å². The predicted molar refractivity (Wildman–Crippen MR) is 107 cm³/mol. The van der Waals surface area contributed by atoms with Crippen molar-refractivity contribution in [3.8, 4) is 0 Å². The maximum Gasteiger partial charge on any atom is 0.256 e. The SMILES string of the molecule is O=C(c1ccccc1F)N1CCCN(C(=O)c2cccc3ccccc23)CC1. The van der Waals surface area contributed by atoms with Crippen LogP contribution >= 0.6 is 0 Å². The standard InChI is InChI=1S/C23H21FN2O2/c24-21-12-4-3-10-20(21)23(28)26-14-6-13-25(15-16-26)22(27)19-11-5-8-17-7-1-2-9-18(17)19/h1-5,7-12H,6,13-16H2. The summed E-state index contributed by atoms with van der Waals surface area (Å²) in [6, 6.07) is 19.6. The smallest absolute Gasteiger partial charge is 0.256 e. The van der Waals surface area contributed by atoms with Crippen LogP contribution in [0.4, 0.5) is 4.39 Å². The average Bonchev–Trinajstić information content (AvgIpc) is 2.99. The molecule has 3 aromatic rings. The Kier molecular flexibility index (Phi) is 5.06. The summed E-state index contributed by atoms with van der Waals surface area (Å²) >= 11 is 0. The molecule has 4 rings (SSSR count).